The van der Waals surface area contributed by atoms with Gasteiger partial charge in [0.2, 0.25) is 0 Å². The second-order valence-corrected chi connectivity index (χ2v) is 3.31. The topological polar surface area (TPSA) is 39.2 Å². The number of rotatable bonds is 4. The van der Waals surface area contributed by atoms with Gasteiger partial charge in [-0.25, -0.2) is 8.78 Å². The van der Waals surface area contributed by atoms with Crippen LogP contribution < -0.4 is 0 Å². The summed E-state index contributed by atoms with van der Waals surface area (Å²) in [5.74, 6) is -0.404. The monoisotopic (exact) mass is 229 g/mol. The van der Waals surface area contributed by atoms with Gasteiger partial charge in [-0.2, -0.15) is 0 Å². The van der Waals surface area contributed by atoms with Crippen LogP contribution in [0, 0.1) is 6.92 Å². The van der Waals surface area contributed by atoms with Crippen molar-refractivity contribution in [2.24, 2.45) is 0 Å². The molecule has 1 heterocycles. The fourth-order valence-electron chi connectivity index (χ4n) is 1.31. The minimum Gasteiger partial charge on any atom is -0.466 e. The molecule has 0 aliphatic heterocycles. The number of nitrogens with zero attached hydrogens (tertiary/aromatic N) is 1. The van der Waals surface area contributed by atoms with Gasteiger partial charge in [0, 0.05) is 11.8 Å². The number of carbonyl (C=O) groups is 1. The van der Waals surface area contributed by atoms with Gasteiger partial charge in [-0.05, 0) is 25.5 Å². The molecule has 0 N–H and O–H groups in total. The first-order valence-corrected chi connectivity index (χ1v) is 4.93. The first-order chi connectivity index (χ1) is 7.54. The van der Waals surface area contributed by atoms with Crippen molar-refractivity contribution < 1.29 is 18.3 Å². The van der Waals surface area contributed by atoms with Crippen LogP contribution in [-0.2, 0) is 16.0 Å². The number of ether oxygens (including phenoxy) is 1. The van der Waals surface area contributed by atoms with Crippen LogP contribution in [0.25, 0.3) is 0 Å². The van der Waals surface area contributed by atoms with E-state index in [4.69, 9.17) is 4.74 Å². The number of esters is 1. The molecule has 0 saturated heterocycles. The van der Waals surface area contributed by atoms with Crippen molar-refractivity contribution in [2.45, 2.75) is 26.7 Å². The van der Waals surface area contributed by atoms with E-state index < -0.39 is 12.4 Å². The summed E-state index contributed by atoms with van der Waals surface area (Å²) in [6.45, 7) is 3.57. The third-order valence-corrected chi connectivity index (χ3v) is 2.07. The van der Waals surface area contributed by atoms with Crippen molar-refractivity contribution in [2.75, 3.05) is 6.61 Å². The molecule has 88 valence electrons. The molecule has 0 saturated carbocycles. The zero-order valence-electron chi connectivity index (χ0n) is 9.17. The Hall–Kier alpha value is -1.52. The Morgan fingerprint density at radius 1 is 1.56 bits per heavy atom. The maximum atomic E-state index is 12.4. The number of halogens is 2. The molecule has 0 aliphatic rings. The Morgan fingerprint density at radius 3 is 2.75 bits per heavy atom. The van der Waals surface area contributed by atoms with E-state index in [1.807, 2.05) is 0 Å². The van der Waals surface area contributed by atoms with Gasteiger partial charge in [-0.3, -0.25) is 9.78 Å². The van der Waals surface area contributed by atoms with Crippen LogP contribution in [0.15, 0.2) is 12.3 Å². The zero-order chi connectivity index (χ0) is 12.1. The largest absolute Gasteiger partial charge is 0.466 e. The van der Waals surface area contributed by atoms with Crippen LogP contribution in [0.1, 0.15) is 30.2 Å². The van der Waals surface area contributed by atoms with Crippen LogP contribution in [0.3, 0.4) is 0 Å². The summed E-state index contributed by atoms with van der Waals surface area (Å²) in [6, 6.07) is 1.48. The lowest BCUT2D eigenvalue weighted by Gasteiger charge is -2.06. The van der Waals surface area contributed by atoms with Gasteiger partial charge in [0.1, 0.15) is 0 Å². The first kappa shape index (κ1) is 12.5. The van der Waals surface area contributed by atoms with E-state index in [1.54, 1.807) is 13.8 Å². The average molecular weight is 229 g/mol. The third kappa shape index (κ3) is 3.25. The van der Waals surface area contributed by atoms with Crippen LogP contribution in [-0.4, -0.2) is 17.6 Å². The highest BCUT2D eigenvalue weighted by atomic mass is 19.3. The number of carbonyl (C=O) groups excluding carboxylic acids is 1. The summed E-state index contributed by atoms with van der Waals surface area (Å²) < 4.78 is 29.6. The summed E-state index contributed by atoms with van der Waals surface area (Å²) >= 11 is 0. The van der Waals surface area contributed by atoms with Crippen molar-refractivity contribution in [3.63, 3.8) is 0 Å². The smallest absolute Gasteiger partial charge is 0.311 e. The Balaban J connectivity index is 2.77. The van der Waals surface area contributed by atoms with E-state index in [-0.39, 0.29) is 12.0 Å². The van der Waals surface area contributed by atoms with Gasteiger partial charge in [0.15, 0.2) is 0 Å². The molecule has 0 spiro atoms. The van der Waals surface area contributed by atoms with Gasteiger partial charge in [0.05, 0.1) is 18.7 Å². The van der Waals surface area contributed by atoms with E-state index in [2.05, 4.69) is 4.98 Å². The fourth-order valence-corrected chi connectivity index (χ4v) is 1.31. The molecule has 0 aromatic carbocycles. The van der Waals surface area contributed by atoms with Crippen LogP contribution in [0.5, 0.6) is 0 Å². The Labute approximate surface area is 92.4 Å². The van der Waals surface area contributed by atoms with E-state index >= 15 is 0 Å². The molecule has 16 heavy (non-hydrogen) atoms. The second-order valence-electron chi connectivity index (χ2n) is 3.31. The summed E-state index contributed by atoms with van der Waals surface area (Å²) in [5, 5.41) is 0. The van der Waals surface area contributed by atoms with Gasteiger partial charge in [-0.1, -0.05) is 0 Å². The lowest BCUT2D eigenvalue weighted by atomic mass is 10.1. The van der Waals surface area contributed by atoms with Crippen molar-refractivity contribution in [1.82, 2.24) is 4.98 Å². The number of hydrogen-bond acceptors (Lipinski definition) is 3. The zero-order valence-corrected chi connectivity index (χ0v) is 9.17. The van der Waals surface area contributed by atoms with Crippen LogP contribution in [0.2, 0.25) is 0 Å². The lowest BCUT2D eigenvalue weighted by Crippen LogP contribution is -2.09. The van der Waals surface area contributed by atoms with Crippen molar-refractivity contribution in [1.29, 1.82) is 0 Å². The van der Waals surface area contributed by atoms with Gasteiger partial charge < -0.3 is 4.74 Å². The van der Waals surface area contributed by atoms with Crippen LogP contribution in [0.4, 0.5) is 8.78 Å². The highest BCUT2D eigenvalue weighted by molar-refractivity contribution is 5.72. The molecule has 0 amide bonds. The maximum absolute atomic E-state index is 12.4. The molecule has 3 nitrogen and oxygen atoms in total. The normalized spacial score (nSPS) is 10.6. The van der Waals surface area contributed by atoms with E-state index in [0.29, 0.717) is 17.9 Å². The van der Waals surface area contributed by atoms with Gasteiger partial charge in [-0.15, -0.1) is 0 Å². The number of hydrogen-bond donors (Lipinski definition) is 0. The molecule has 0 atom stereocenters. The summed E-state index contributed by atoms with van der Waals surface area (Å²) in [7, 11) is 0. The minimum atomic E-state index is -2.54. The molecule has 5 heteroatoms. The number of pyridine rings is 1. The number of aromatic nitrogens is 1. The molecule has 0 unspecified atom stereocenters. The Bertz CT molecular complexity index is 380. The van der Waals surface area contributed by atoms with Crippen LogP contribution >= 0.6 is 0 Å². The average Bonchev–Trinajstić information content (AvgIpc) is 2.17. The predicted molar refractivity (Wildman–Crippen MR) is 54.3 cm³/mol. The standard InChI is InChI=1S/C11H13F2NO2/c1-3-16-10(15)5-8-4-7(2)9(6-14-8)11(12)13/h4,6,11H,3,5H2,1-2H3. The van der Waals surface area contributed by atoms with E-state index in [9.17, 15) is 13.6 Å². The molecule has 0 fully saturated rings. The quantitative estimate of drug-likeness (QED) is 0.744. The van der Waals surface area contributed by atoms with Crippen molar-refractivity contribution >= 4 is 5.97 Å². The minimum absolute atomic E-state index is 0.0121. The number of alkyl halides is 2. The lowest BCUT2D eigenvalue weighted by molar-refractivity contribution is -0.142. The summed E-state index contributed by atoms with van der Waals surface area (Å²) in [6.07, 6.45) is -1.42. The molecular formula is C11H13F2NO2. The van der Waals surface area contributed by atoms with Crippen molar-refractivity contribution in [3.8, 4) is 0 Å². The first-order valence-electron chi connectivity index (χ1n) is 4.93. The second kappa shape index (κ2) is 5.53. The fraction of sp³-hybridized carbons (Fsp3) is 0.455. The Morgan fingerprint density at radius 2 is 2.25 bits per heavy atom. The van der Waals surface area contributed by atoms with E-state index in [1.165, 1.54) is 6.07 Å². The molecule has 1 aromatic heterocycles. The molecule has 0 radical (unpaired) electrons. The summed E-state index contributed by atoms with van der Waals surface area (Å²) in [4.78, 5) is 14.9. The molecule has 1 rings (SSSR count). The maximum Gasteiger partial charge on any atom is 0.311 e. The third-order valence-electron chi connectivity index (χ3n) is 2.07. The highest BCUT2D eigenvalue weighted by Gasteiger charge is 2.13. The molecular weight excluding hydrogens is 216 g/mol. The van der Waals surface area contributed by atoms with Gasteiger partial charge in [0.25, 0.3) is 6.43 Å². The molecule has 0 bridgehead atoms. The SMILES string of the molecule is CCOC(=O)Cc1cc(C)c(C(F)F)cn1. The van der Waals surface area contributed by atoms with E-state index in [0.717, 1.165) is 6.20 Å². The Kier molecular flexibility index (Phi) is 4.34. The highest BCUT2D eigenvalue weighted by Crippen LogP contribution is 2.21. The molecule has 0 aliphatic carbocycles. The summed E-state index contributed by atoms with van der Waals surface area (Å²) in [5.41, 5.74) is 0.775. The number of aryl methyl sites for hydroxylation is 1. The van der Waals surface area contributed by atoms with Crippen molar-refractivity contribution in [3.05, 3.63) is 29.1 Å². The predicted octanol–water partition coefficient (Wildman–Crippen LogP) is 2.43. The molecule has 1 aromatic rings. The van der Waals surface area contributed by atoms with Gasteiger partial charge >= 0.3 is 5.97 Å².